The van der Waals surface area contributed by atoms with Gasteiger partial charge in [0.15, 0.2) is 0 Å². The molecule has 0 aromatic heterocycles. The third-order valence-electron chi connectivity index (χ3n) is 4.63. The molecule has 1 N–H and O–H groups in total. The third kappa shape index (κ3) is 3.09. The Morgan fingerprint density at radius 1 is 1.42 bits per heavy atom. The Labute approximate surface area is 115 Å². The van der Waals surface area contributed by atoms with Crippen LogP contribution in [-0.4, -0.2) is 25.2 Å². The predicted molar refractivity (Wildman–Crippen MR) is 72.3 cm³/mol. The van der Waals surface area contributed by atoms with Crippen LogP contribution in [0.5, 0.6) is 0 Å². The molecule has 2 aliphatic rings. The molecular weight excluding hydrogens is 240 g/mol. The molecule has 2 unspecified atom stereocenters. The van der Waals surface area contributed by atoms with Gasteiger partial charge in [0, 0.05) is 19.1 Å². The lowest BCUT2D eigenvalue weighted by Gasteiger charge is -2.30. The highest BCUT2D eigenvalue weighted by atomic mass is 16.5. The lowest BCUT2D eigenvalue weighted by molar-refractivity contribution is -0.129. The van der Waals surface area contributed by atoms with Crippen molar-refractivity contribution in [1.82, 2.24) is 5.32 Å². The SMILES string of the molecule is CCC1OCCC1CNC(=O)C1(C#N)CCCCC1. The Bertz CT molecular complexity index is 356. The number of ether oxygens (including phenoxy) is 1. The van der Waals surface area contributed by atoms with Crippen molar-refractivity contribution in [3.8, 4) is 6.07 Å². The quantitative estimate of drug-likeness (QED) is 0.848. The van der Waals surface area contributed by atoms with Gasteiger partial charge in [-0.2, -0.15) is 5.26 Å². The van der Waals surface area contributed by atoms with E-state index >= 15 is 0 Å². The van der Waals surface area contributed by atoms with Gasteiger partial charge < -0.3 is 10.1 Å². The number of carbonyl (C=O) groups is 1. The summed E-state index contributed by atoms with van der Waals surface area (Å²) in [4.78, 5) is 12.3. The Hall–Kier alpha value is -1.08. The normalized spacial score (nSPS) is 29.7. The van der Waals surface area contributed by atoms with Gasteiger partial charge in [-0.3, -0.25) is 4.79 Å². The van der Waals surface area contributed by atoms with Crippen molar-refractivity contribution in [2.45, 2.75) is 58.0 Å². The highest BCUT2D eigenvalue weighted by molar-refractivity contribution is 5.85. The van der Waals surface area contributed by atoms with E-state index in [9.17, 15) is 10.1 Å². The maximum Gasteiger partial charge on any atom is 0.240 e. The molecule has 1 amide bonds. The molecule has 0 aromatic carbocycles. The Balaban J connectivity index is 1.88. The van der Waals surface area contributed by atoms with Gasteiger partial charge >= 0.3 is 0 Å². The molecule has 2 rings (SSSR count). The first-order valence-electron chi connectivity index (χ1n) is 7.53. The standard InChI is InChI=1S/C15H24N2O2/c1-2-13-12(6-9-19-13)10-17-14(18)15(11-16)7-4-3-5-8-15/h12-13H,2-10H2,1H3,(H,17,18). The van der Waals surface area contributed by atoms with E-state index in [-0.39, 0.29) is 12.0 Å². The van der Waals surface area contributed by atoms with Crippen molar-refractivity contribution >= 4 is 5.91 Å². The molecule has 4 nitrogen and oxygen atoms in total. The molecular formula is C15H24N2O2. The molecule has 106 valence electrons. The summed E-state index contributed by atoms with van der Waals surface area (Å²) in [5, 5.41) is 12.4. The summed E-state index contributed by atoms with van der Waals surface area (Å²) in [7, 11) is 0. The molecule has 2 fully saturated rings. The second-order valence-electron chi connectivity index (χ2n) is 5.83. The molecule has 0 aromatic rings. The van der Waals surface area contributed by atoms with E-state index < -0.39 is 5.41 Å². The zero-order valence-corrected chi connectivity index (χ0v) is 11.8. The fraction of sp³-hybridized carbons (Fsp3) is 0.867. The molecule has 19 heavy (non-hydrogen) atoms. The van der Waals surface area contributed by atoms with Crippen LogP contribution < -0.4 is 5.32 Å². The molecule has 1 aliphatic heterocycles. The van der Waals surface area contributed by atoms with E-state index in [1.54, 1.807) is 0 Å². The molecule has 0 radical (unpaired) electrons. The van der Waals surface area contributed by atoms with Crippen LogP contribution in [0.3, 0.4) is 0 Å². The summed E-state index contributed by atoms with van der Waals surface area (Å²) in [6.07, 6.45) is 6.83. The number of carbonyl (C=O) groups excluding carboxylic acids is 1. The van der Waals surface area contributed by atoms with Crippen molar-refractivity contribution in [1.29, 1.82) is 5.26 Å². The summed E-state index contributed by atoms with van der Waals surface area (Å²) in [6, 6.07) is 2.27. The van der Waals surface area contributed by atoms with Crippen molar-refractivity contribution in [2.75, 3.05) is 13.2 Å². The predicted octanol–water partition coefficient (Wildman–Crippen LogP) is 2.39. The summed E-state index contributed by atoms with van der Waals surface area (Å²) in [5.41, 5.74) is -0.764. The fourth-order valence-corrected chi connectivity index (χ4v) is 3.32. The van der Waals surface area contributed by atoms with Crippen molar-refractivity contribution in [2.24, 2.45) is 11.3 Å². The Morgan fingerprint density at radius 2 is 2.16 bits per heavy atom. The zero-order chi connectivity index (χ0) is 13.7. The average Bonchev–Trinajstić information content (AvgIpc) is 2.92. The summed E-state index contributed by atoms with van der Waals surface area (Å²) in [6.45, 7) is 3.56. The highest BCUT2D eigenvalue weighted by Gasteiger charge is 2.40. The van der Waals surface area contributed by atoms with Crippen LogP contribution >= 0.6 is 0 Å². The van der Waals surface area contributed by atoms with Crippen LogP contribution in [0.15, 0.2) is 0 Å². The van der Waals surface area contributed by atoms with Gasteiger partial charge in [-0.25, -0.2) is 0 Å². The second kappa shape index (κ2) is 6.38. The van der Waals surface area contributed by atoms with Gasteiger partial charge in [-0.1, -0.05) is 26.2 Å². The number of nitrogens with zero attached hydrogens (tertiary/aromatic N) is 1. The summed E-state index contributed by atoms with van der Waals surface area (Å²) >= 11 is 0. The van der Waals surface area contributed by atoms with Gasteiger partial charge in [0.05, 0.1) is 12.2 Å². The first-order valence-corrected chi connectivity index (χ1v) is 7.53. The maximum absolute atomic E-state index is 12.3. The molecule has 2 atom stereocenters. The minimum Gasteiger partial charge on any atom is -0.378 e. The van der Waals surface area contributed by atoms with Gasteiger partial charge in [-0.05, 0) is 25.7 Å². The topological polar surface area (TPSA) is 62.1 Å². The van der Waals surface area contributed by atoms with Gasteiger partial charge in [-0.15, -0.1) is 0 Å². The third-order valence-corrected chi connectivity index (χ3v) is 4.63. The molecule has 0 spiro atoms. The number of rotatable bonds is 4. The Morgan fingerprint density at radius 3 is 2.79 bits per heavy atom. The largest absolute Gasteiger partial charge is 0.378 e. The van der Waals surface area contributed by atoms with Gasteiger partial charge in [0.25, 0.3) is 0 Å². The highest BCUT2D eigenvalue weighted by Crippen LogP contribution is 2.36. The molecule has 4 heteroatoms. The van der Waals surface area contributed by atoms with E-state index in [1.165, 1.54) is 0 Å². The van der Waals surface area contributed by atoms with Crippen LogP contribution in [-0.2, 0) is 9.53 Å². The van der Waals surface area contributed by atoms with E-state index in [0.717, 1.165) is 38.7 Å². The molecule has 1 aliphatic carbocycles. The molecule has 0 bridgehead atoms. The summed E-state index contributed by atoms with van der Waals surface area (Å²) in [5.74, 6) is 0.352. The minimum absolute atomic E-state index is 0.0588. The number of nitrogens with one attached hydrogen (secondary N) is 1. The first kappa shape index (κ1) is 14.3. The maximum atomic E-state index is 12.3. The number of hydrogen-bond acceptors (Lipinski definition) is 3. The summed E-state index contributed by atoms with van der Waals surface area (Å²) < 4.78 is 5.63. The van der Waals surface area contributed by atoms with Crippen LogP contribution in [0.4, 0.5) is 0 Å². The van der Waals surface area contributed by atoms with E-state index in [2.05, 4.69) is 18.3 Å². The lowest BCUT2D eigenvalue weighted by Crippen LogP contribution is -2.44. The van der Waals surface area contributed by atoms with E-state index in [0.29, 0.717) is 25.3 Å². The van der Waals surface area contributed by atoms with Crippen molar-refractivity contribution in [3.63, 3.8) is 0 Å². The fourth-order valence-electron chi connectivity index (χ4n) is 3.32. The van der Waals surface area contributed by atoms with Gasteiger partial charge in [0.1, 0.15) is 5.41 Å². The first-order chi connectivity index (χ1) is 9.22. The number of hydrogen-bond donors (Lipinski definition) is 1. The van der Waals surface area contributed by atoms with Gasteiger partial charge in [0.2, 0.25) is 5.91 Å². The second-order valence-corrected chi connectivity index (χ2v) is 5.83. The molecule has 1 saturated heterocycles. The van der Waals surface area contributed by atoms with Crippen molar-refractivity contribution in [3.05, 3.63) is 0 Å². The molecule has 1 saturated carbocycles. The van der Waals surface area contributed by atoms with Crippen LogP contribution in [0.1, 0.15) is 51.9 Å². The number of nitriles is 1. The van der Waals surface area contributed by atoms with Crippen LogP contribution in [0.25, 0.3) is 0 Å². The minimum atomic E-state index is -0.764. The Kier molecular flexibility index (Phi) is 4.81. The monoisotopic (exact) mass is 264 g/mol. The molecule has 1 heterocycles. The average molecular weight is 264 g/mol. The number of amides is 1. The van der Waals surface area contributed by atoms with Crippen LogP contribution in [0.2, 0.25) is 0 Å². The lowest BCUT2D eigenvalue weighted by atomic mass is 9.74. The van der Waals surface area contributed by atoms with E-state index in [4.69, 9.17) is 4.74 Å². The van der Waals surface area contributed by atoms with Crippen LogP contribution in [0, 0.1) is 22.7 Å². The zero-order valence-electron chi connectivity index (χ0n) is 11.8. The van der Waals surface area contributed by atoms with Crippen molar-refractivity contribution < 1.29 is 9.53 Å². The smallest absolute Gasteiger partial charge is 0.240 e. The van der Waals surface area contributed by atoms with E-state index in [1.807, 2.05) is 0 Å².